The lowest BCUT2D eigenvalue weighted by molar-refractivity contribution is -0.384. The second kappa shape index (κ2) is 10.2. The molecule has 1 saturated heterocycles. The van der Waals surface area contributed by atoms with Gasteiger partial charge in [0.05, 0.1) is 18.0 Å². The summed E-state index contributed by atoms with van der Waals surface area (Å²) in [6, 6.07) is 11.2. The SMILES string of the molecule is CCN1CCCC1CNC(=NCc1ccc([N+](=O)[O-])cc1)NCc1cccs1. The molecule has 2 aromatic rings. The van der Waals surface area contributed by atoms with Crippen LogP contribution in [0, 0.1) is 10.1 Å². The summed E-state index contributed by atoms with van der Waals surface area (Å²) in [5.74, 6) is 0.773. The van der Waals surface area contributed by atoms with Crippen molar-refractivity contribution in [2.24, 2.45) is 4.99 Å². The molecule has 1 unspecified atom stereocenters. The van der Waals surface area contributed by atoms with Gasteiger partial charge >= 0.3 is 0 Å². The Labute approximate surface area is 169 Å². The Hall–Kier alpha value is -2.45. The number of nitro benzene ring substituents is 1. The zero-order chi connectivity index (χ0) is 19.8. The highest BCUT2D eigenvalue weighted by Gasteiger charge is 2.22. The number of rotatable bonds is 8. The maximum Gasteiger partial charge on any atom is 0.269 e. The van der Waals surface area contributed by atoms with Crippen LogP contribution in [-0.2, 0) is 13.1 Å². The Morgan fingerprint density at radius 1 is 1.32 bits per heavy atom. The predicted molar refractivity (Wildman–Crippen MR) is 114 cm³/mol. The molecule has 2 heterocycles. The molecule has 150 valence electrons. The number of nitro groups is 1. The van der Waals surface area contributed by atoms with E-state index in [9.17, 15) is 10.1 Å². The molecule has 0 spiro atoms. The minimum absolute atomic E-state index is 0.0998. The Balaban J connectivity index is 1.61. The Morgan fingerprint density at radius 3 is 2.82 bits per heavy atom. The van der Waals surface area contributed by atoms with Crippen LogP contribution < -0.4 is 10.6 Å². The van der Waals surface area contributed by atoms with Crippen LogP contribution in [0.1, 0.15) is 30.2 Å². The average molecular weight is 402 g/mol. The van der Waals surface area contributed by atoms with Crippen molar-refractivity contribution < 1.29 is 4.92 Å². The molecule has 0 saturated carbocycles. The van der Waals surface area contributed by atoms with Crippen LogP contribution in [0.5, 0.6) is 0 Å². The summed E-state index contributed by atoms with van der Waals surface area (Å²) >= 11 is 1.71. The Kier molecular flexibility index (Phi) is 7.39. The fourth-order valence-electron chi connectivity index (χ4n) is 3.41. The van der Waals surface area contributed by atoms with Gasteiger partial charge in [0.1, 0.15) is 0 Å². The van der Waals surface area contributed by atoms with Gasteiger partial charge < -0.3 is 10.6 Å². The predicted octanol–water partition coefficient (Wildman–Crippen LogP) is 3.38. The first-order valence-corrected chi connectivity index (χ1v) is 10.6. The number of nitrogens with one attached hydrogen (secondary N) is 2. The number of likely N-dealkylation sites (N-methyl/N-ethyl adjacent to an activating group) is 1. The lowest BCUT2D eigenvalue weighted by Crippen LogP contribution is -2.44. The van der Waals surface area contributed by atoms with Crippen LogP contribution >= 0.6 is 11.3 Å². The lowest BCUT2D eigenvalue weighted by atomic mass is 10.2. The Morgan fingerprint density at radius 2 is 2.14 bits per heavy atom. The number of thiophene rings is 1. The van der Waals surface area contributed by atoms with Gasteiger partial charge in [-0.05, 0) is 42.9 Å². The summed E-state index contributed by atoms with van der Waals surface area (Å²) in [6.45, 7) is 6.51. The lowest BCUT2D eigenvalue weighted by Gasteiger charge is -2.24. The number of non-ortho nitro benzene ring substituents is 1. The highest BCUT2D eigenvalue weighted by molar-refractivity contribution is 7.09. The first-order chi connectivity index (χ1) is 13.7. The van der Waals surface area contributed by atoms with Gasteiger partial charge in [0.2, 0.25) is 0 Å². The maximum atomic E-state index is 10.8. The summed E-state index contributed by atoms with van der Waals surface area (Å²) in [6.07, 6.45) is 2.46. The van der Waals surface area contributed by atoms with Gasteiger partial charge in [-0.25, -0.2) is 4.99 Å². The standard InChI is InChI=1S/C20H27N5O2S/c1-2-24-11-3-5-18(24)14-22-20(23-15-19-6-4-12-28-19)21-13-16-7-9-17(10-8-16)25(26)27/h4,6-10,12,18H,2-3,5,11,13-15H2,1H3,(H2,21,22,23). The first-order valence-electron chi connectivity index (χ1n) is 9.67. The molecular weight excluding hydrogens is 374 g/mol. The van der Waals surface area contributed by atoms with Crippen LogP contribution in [0.4, 0.5) is 5.69 Å². The monoisotopic (exact) mass is 401 g/mol. The van der Waals surface area contributed by atoms with Crippen molar-refractivity contribution in [3.8, 4) is 0 Å². The zero-order valence-electron chi connectivity index (χ0n) is 16.1. The van der Waals surface area contributed by atoms with E-state index in [4.69, 9.17) is 4.99 Å². The summed E-state index contributed by atoms with van der Waals surface area (Å²) in [5.41, 5.74) is 1.04. The van der Waals surface area contributed by atoms with Gasteiger partial charge in [0.25, 0.3) is 5.69 Å². The van der Waals surface area contributed by atoms with Crippen LogP contribution in [0.25, 0.3) is 0 Å². The smallest absolute Gasteiger partial charge is 0.269 e. The third kappa shape index (κ3) is 5.77. The zero-order valence-corrected chi connectivity index (χ0v) is 17.0. The number of nitrogens with zero attached hydrogens (tertiary/aromatic N) is 3. The summed E-state index contributed by atoms with van der Waals surface area (Å²) < 4.78 is 0. The summed E-state index contributed by atoms with van der Waals surface area (Å²) in [5, 5.41) is 19.7. The van der Waals surface area contributed by atoms with Gasteiger partial charge in [-0.3, -0.25) is 15.0 Å². The summed E-state index contributed by atoms with van der Waals surface area (Å²) in [4.78, 5) is 18.8. The van der Waals surface area contributed by atoms with Gasteiger partial charge in [0, 0.05) is 29.6 Å². The van der Waals surface area contributed by atoms with Crippen LogP contribution in [0.15, 0.2) is 46.8 Å². The van der Waals surface area contributed by atoms with E-state index in [1.807, 2.05) is 6.07 Å². The molecule has 1 fully saturated rings. The molecule has 7 nitrogen and oxygen atoms in total. The van der Waals surface area contributed by atoms with E-state index in [1.165, 1.54) is 36.4 Å². The summed E-state index contributed by atoms with van der Waals surface area (Å²) in [7, 11) is 0. The van der Waals surface area contributed by atoms with Gasteiger partial charge in [-0.15, -0.1) is 11.3 Å². The molecule has 1 atom stereocenters. The second-order valence-electron chi connectivity index (χ2n) is 6.83. The minimum Gasteiger partial charge on any atom is -0.355 e. The molecule has 1 aromatic carbocycles. The van der Waals surface area contributed by atoms with Gasteiger partial charge in [-0.2, -0.15) is 0 Å². The highest BCUT2D eigenvalue weighted by atomic mass is 32.1. The van der Waals surface area contributed by atoms with Crippen molar-refractivity contribution >= 4 is 23.0 Å². The van der Waals surface area contributed by atoms with E-state index in [0.717, 1.165) is 31.2 Å². The van der Waals surface area contributed by atoms with Crippen molar-refractivity contribution in [1.82, 2.24) is 15.5 Å². The fraction of sp³-hybridized carbons (Fsp3) is 0.450. The molecule has 0 amide bonds. The average Bonchev–Trinajstić information content (AvgIpc) is 3.39. The largest absolute Gasteiger partial charge is 0.355 e. The van der Waals surface area contributed by atoms with E-state index < -0.39 is 0 Å². The number of aliphatic imine (C=N–C) groups is 1. The molecule has 28 heavy (non-hydrogen) atoms. The van der Waals surface area contributed by atoms with Crippen LogP contribution in [0.2, 0.25) is 0 Å². The van der Waals surface area contributed by atoms with Crippen molar-refractivity contribution in [1.29, 1.82) is 0 Å². The molecule has 0 aliphatic carbocycles. The van der Waals surface area contributed by atoms with E-state index in [0.29, 0.717) is 12.6 Å². The van der Waals surface area contributed by atoms with Crippen molar-refractivity contribution in [3.63, 3.8) is 0 Å². The van der Waals surface area contributed by atoms with Gasteiger partial charge in [-0.1, -0.05) is 25.1 Å². The molecule has 0 bridgehead atoms. The second-order valence-corrected chi connectivity index (χ2v) is 7.86. The molecule has 0 radical (unpaired) electrons. The first kappa shape index (κ1) is 20.3. The van der Waals surface area contributed by atoms with Crippen molar-refractivity contribution in [2.45, 2.75) is 38.9 Å². The maximum absolute atomic E-state index is 10.8. The number of benzene rings is 1. The number of likely N-dealkylation sites (tertiary alicyclic amines) is 1. The number of hydrogen-bond donors (Lipinski definition) is 2. The third-order valence-corrected chi connectivity index (χ3v) is 5.86. The topological polar surface area (TPSA) is 82.8 Å². The number of guanidine groups is 1. The minimum atomic E-state index is -0.385. The quantitative estimate of drug-likeness (QED) is 0.307. The number of hydrogen-bond acceptors (Lipinski definition) is 5. The molecule has 1 aromatic heterocycles. The molecule has 1 aliphatic rings. The molecule has 8 heteroatoms. The van der Waals surface area contributed by atoms with Crippen molar-refractivity contribution in [3.05, 3.63) is 62.3 Å². The molecular formula is C20H27N5O2S. The van der Waals surface area contributed by atoms with E-state index in [1.54, 1.807) is 23.5 Å². The molecule has 3 rings (SSSR count). The van der Waals surface area contributed by atoms with E-state index >= 15 is 0 Å². The van der Waals surface area contributed by atoms with Crippen LogP contribution in [0.3, 0.4) is 0 Å². The van der Waals surface area contributed by atoms with E-state index in [2.05, 4.69) is 33.9 Å². The van der Waals surface area contributed by atoms with Crippen LogP contribution in [-0.4, -0.2) is 41.5 Å². The third-order valence-electron chi connectivity index (χ3n) is 4.99. The Bertz CT molecular complexity index is 776. The normalized spacial score (nSPS) is 17.6. The van der Waals surface area contributed by atoms with Crippen molar-refractivity contribution in [2.75, 3.05) is 19.6 Å². The molecule has 2 N–H and O–H groups in total. The van der Waals surface area contributed by atoms with Gasteiger partial charge in [0.15, 0.2) is 5.96 Å². The molecule has 1 aliphatic heterocycles. The fourth-order valence-corrected chi connectivity index (χ4v) is 4.05. The van der Waals surface area contributed by atoms with E-state index in [-0.39, 0.29) is 10.6 Å². The highest BCUT2D eigenvalue weighted by Crippen LogP contribution is 2.16.